The van der Waals surface area contributed by atoms with Gasteiger partial charge in [0.05, 0.1) is 5.69 Å². The van der Waals surface area contributed by atoms with Gasteiger partial charge in [0.1, 0.15) is 12.2 Å². The summed E-state index contributed by atoms with van der Waals surface area (Å²) in [5, 5.41) is 0. The lowest BCUT2D eigenvalue weighted by Gasteiger charge is -2.02. The number of nitrogens with zero attached hydrogens (tertiary/aromatic N) is 3. The second kappa shape index (κ2) is 8.17. The lowest BCUT2D eigenvalue weighted by molar-refractivity contribution is -0.697. The summed E-state index contributed by atoms with van der Waals surface area (Å²) in [6.07, 6.45) is 13.7. The number of pyridine rings is 2. The van der Waals surface area contributed by atoms with Crippen LogP contribution >= 0.6 is 0 Å². The van der Waals surface area contributed by atoms with Gasteiger partial charge in [-0.15, -0.1) is 0 Å². The van der Waals surface area contributed by atoms with Gasteiger partial charge in [-0.05, 0) is 29.7 Å². The number of hydrogen-bond acceptors (Lipinski definition) is 1. The van der Waals surface area contributed by atoms with E-state index < -0.39 is 0 Å². The van der Waals surface area contributed by atoms with Crippen molar-refractivity contribution in [2.75, 3.05) is 0 Å². The van der Waals surface area contributed by atoms with Crippen LogP contribution in [0.25, 0.3) is 28.0 Å². The number of aryl methyl sites for hydroxylation is 1. The van der Waals surface area contributed by atoms with Gasteiger partial charge >= 0.3 is 0 Å². The predicted molar refractivity (Wildman–Crippen MR) is 110 cm³/mol. The predicted octanol–water partition coefficient (Wildman–Crippen LogP) is 5.54. The summed E-state index contributed by atoms with van der Waals surface area (Å²) in [6.45, 7) is 3.35. The molecule has 0 aliphatic carbocycles. The molecule has 3 heteroatoms. The number of benzene rings is 1. The molecular formula is C24H26N3+. The average Bonchev–Trinajstić information content (AvgIpc) is 3.16. The Morgan fingerprint density at radius 1 is 0.852 bits per heavy atom. The van der Waals surface area contributed by atoms with Gasteiger partial charge < -0.3 is 4.40 Å². The van der Waals surface area contributed by atoms with Crippen LogP contribution in [-0.4, -0.2) is 9.38 Å². The molecule has 4 rings (SSSR count). The molecule has 1 aromatic carbocycles. The van der Waals surface area contributed by atoms with Gasteiger partial charge in [-0.25, -0.2) is 9.55 Å². The topological polar surface area (TPSA) is 21.2 Å². The minimum atomic E-state index is 0.975. The maximum Gasteiger partial charge on any atom is 0.169 e. The number of imidazole rings is 1. The van der Waals surface area contributed by atoms with E-state index in [2.05, 4.69) is 77.1 Å². The second-order valence-corrected chi connectivity index (χ2v) is 7.06. The van der Waals surface area contributed by atoms with E-state index >= 15 is 0 Å². The molecular weight excluding hydrogens is 330 g/mol. The van der Waals surface area contributed by atoms with E-state index in [0.717, 1.165) is 23.4 Å². The van der Waals surface area contributed by atoms with E-state index in [-0.39, 0.29) is 0 Å². The zero-order valence-corrected chi connectivity index (χ0v) is 15.9. The largest absolute Gasteiger partial charge is 0.306 e. The van der Waals surface area contributed by atoms with Gasteiger partial charge in [0.2, 0.25) is 0 Å². The van der Waals surface area contributed by atoms with Crippen LogP contribution in [0.3, 0.4) is 0 Å². The van der Waals surface area contributed by atoms with Crippen molar-refractivity contribution < 1.29 is 4.57 Å². The normalized spacial score (nSPS) is 11.1. The van der Waals surface area contributed by atoms with Crippen LogP contribution in [0.5, 0.6) is 0 Å². The van der Waals surface area contributed by atoms with Crippen molar-refractivity contribution in [3.63, 3.8) is 0 Å². The van der Waals surface area contributed by atoms with E-state index in [1.807, 2.05) is 18.2 Å². The Hall–Kier alpha value is -2.94. The molecule has 0 N–H and O–H groups in total. The molecule has 0 spiro atoms. The van der Waals surface area contributed by atoms with Crippen LogP contribution in [0.15, 0.2) is 79.4 Å². The van der Waals surface area contributed by atoms with Crippen molar-refractivity contribution in [3.8, 4) is 22.4 Å². The summed E-state index contributed by atoms with van der Waals surface area (Å²) in [4.78, 5) is 4.80. The summed E-state index contributed by atoms with van der Waals surface area (Å²) in [6, 6.07) is 19.0. The Labute approximate surface area is 161 Å². The number of unbranched alkanes of at least 4 members (excludes halogenated alkanes) is 3. The molecule has 0 fully saturated rings. The number of aromatic nitrogens is 3. The van der Waals surface area contributed by atoms with Crippen molar-refractivity contribution in [3.05, 3.63) is 79.4 Å². The Bertz CT molecular complexity index is 1000. The molecule has 0 saturated heterocycles. The van der Waals surface area contributed by atoms with Crippen LogP contribution < -0.4 is 4.57 Å². The first-order valence-corrected chi connectivity index (χ1v) is 9.87. The molecule has 0 amide bonds. The van der Waals surface area contributed by atoms with E-state index in [0.29, 0.717) is 0 Å². The highest BCUT2D eigenvalue weighted by molar-refractivity contribution is 5.69. The fourth-order valence-corrected chi connectivity index (χ4v) is 3.43. The number of fused-ring (bicyclic) bond motifs is 1. The van der Waals surface area contributed by atoms with E-state index in [9.17, 15) is 0 Å². The molecule has 0 bridgehead atoms. The average molecular weight is 356 g/mol. The maximum absolute atomic E-state index is 4.80. The highest BCUT2D eigenvalue weighted by Gasteiger charge is 2.07. The summed E-state index contributed by atoms with van der Waals surface area (Å²) in [5.74, 6) is 0. The van der Waals surface area contributed by atoms with Gasteiger partial charge in [0.15, 0.2) is 12.4 Å². The molecule has 3 nitrogen and oxygen atoms in total. The molecule has 0 unspecified atom stereocenters. The first kappa shape index (κ1) is 17.5. The molecule has 0 saturated carbocycles. The zero-order chi connectivity index (χ0) is 18.5. The smallest absolute Gasteiger partial charge is 0.169 e. The van der Waals surface area contributed by atoms with E-state index in [4.69, 9.17) is 4.98 Å². The molecule has 0 aliphatic rings. The third-order valence-electron chi connectivity index (χ3n) is 5.02. The quantitative estimate of drug-likeness (QED) is 0.315. The lowest BCUT2D eigenvalue weighted by atomic mass is 10.1. The zero-order valence-electron chi connectivity index (χ0n) is 15.9. The highest BCUT2D eigenvalue weighted by Crippen LogP contribution is 2.23. The monoisotopic (exact) mass is 356 g/mol. The molecule has 3 aromatic heterocycles. The van der Waals surface area contributed by atoms with Crippen molar-refractivity contribution >= 4 is 5.65 Å². The number of hydrogen-bond donors (Lipinski definition) is 0. The van der Waals surface area contributed by atoms with Gasteiger partial charge in [-0.2, -0.15) is 0 Å². The van der Waals surface area contributed by atoms with Crippen LogP contribution in [0.1, 0.15) is 32.6 Å². The van der Waals surface area contributed by atoms with Gasteiger partial charge in [-0.3, -0.25) is 0 Å². The lowest BCUT2D eigenvalue weighted by Crippen LogP contribution is -2.32. The first-order chi connectivity index (χ1) is 13.3. The third kappa shape index (κ3) is 4.08. The maximum atomic E-state index is 4.80. The van der Waals surface area contributed by atoms with Crippen molar-refractivity contribution in [1.82, 2.24) is 9.38 Å². The Kier molecular flexibility index (Phi) is 5.29. The van der Waals surface area contributed by atoms with Crippen LogP contribution in [-0.2, 0) is 6.54 Å². The minimum absolute atomic E-state index is 0.975. The fraction of sp³-hybridized carbons (Fsp3) is 0.250. The third-order valence-corrected chi connectivity index (χ3v) is 5.02. The van der Waals surface area contributed by atoms with E-state index in [1.165, 1.54) is 36.8 Å². The molecule has 136 valence electrons. The second-order valence-electron chi connectivity index (χ2n) is 7.06. The van der Waals surface area contributed by atoms with Crippen molar-refractivity contribution in [2.24, 2.45) is 0 Å². The number of rotatable bonds is 7. The van der Waals surface area contributed by atoms with Crippen LogP contribution in [0, 0.1) is 0 Å². The van der Waals surface area contributed by atoms with Crippen molar-refractivity contribution in [2.45, 2.75) is 39.2 Å². The SMILES string of the molecule is CCCCCC[n+]1ccc(-c2ccn3cc(-c4ccccc4)nc3c2)cc1. The molecule has 3 heterocycles. The van der Waals surface area contributed by atoms with Gasteiger partial charge in [-0.1, -0.05) is 50.1 Å². The van der Waals surface area contributed by atoms with Crippen LogP contribution in [0.2, 0.25) is 0 Å². The molecule has 0 aliphatic heterocycles. The summed E-state index contributed by atoms with van der Waals surface area (Å²) in [7, 11) is 0. The molecule has 0 atom stereocenters. The summed E-state index contributed by atoms with van der Waals surface area (Å²) >= 11 is 0. The summed E-state index contributed by atoms with van der Waals surface area (Å²) < 4.78 is 4.36. The first-order valence-electron chi connectivity index (χ1n) is 9.87. The van der Waals surface area contributed by atoms with Crippen LogP contribution in [0.4, 0.5) is 0 Å². The standard InChI is InChI=1S/C24H26N3/c1-2-3-4-8-14-26-15-11-20(12-16-26)22-13-17-27-19-23(25-24(27)18-22)21-9-6-5-7-10-21/h5-7,9-13,15-19H,2-4,8,14H2,1H3/q+1. The molecule has 0 radical (unpaired) electrons. The molecule has 27 heavy (non-hydrogen) atoms. The minimum Gasteiger partial charge on any atom is -0.306 e. The molecule has 4 aromatic rings. The Morgan fingerprint density at radius 2 is 1.67 bits per heavy atom. The van der Waals surface area contributed by atoms with Gasteiger partial charge in [0.25, 0.3) is 0 Å². The fourth-order valence-electron chi connectivity index (χ4n) is 3.43. The highest BCUT2D eigenvalue weighted by atomic mass is 15.0. The van der Waals surface area contributed by atoms with Crippen molar-refractivity contribution in [1.29, 1.82) is 0 Å². The van der Waals surface area contributed by atoms with E-state index in [1.54, 1.807) is 0 Å². The Balaban J connectivity index is 1.53. The van der Waals surface area contributed by atoms with Gasteiger partial charge in [0, 0.05) is 36.5 Å². The summed E-state index contributed by atoms with van der Waals surface area (Å²) in [5.41, 5.74) is 5.55. The Morgan fingerprint density at radius 3 is 2.44 bits per heavy atom.